The number of carbonyl (C=O) groups is 3. The summed E-state index contributed by atoms with van der Waals surface area (Å²) in [5.74, 6) is -0.859. The highest BCUT2D eigenvalue weighted by Crippen LogP contribution is 2.62. The summed E-state index contributed by atoms with van der Waals surface area (Å²) in [4.78, 5) is 46.3. The number of ketones is 2. The molecule has 0 saturated carbocycles. The van der Waals surface area contributed by atoms with Gasteiger partial charge in [0.25, 0.3) is 0 Å². The van der Waals surface area contributed by atoms with Crippen molar-refractivity contribution in [1.29, 1.82) is 0 Å². The van der Waals surface area contributed by atoms with E-state index in [9.17, 15) is 14.4 Å². The number of amides is 1. The molecule has 7 nitrogen and oxygen atoms in total. The molecule has 1 fully saturated rings. The molecule has 3 heterocycles. The minimum absolute atomic E-state index is 0.285. The second kappa shape index (κ2) is 10.8. The van der Waals surface area contributed by atoms with Crippen molar-refractivity contribution < 1.29 is 23.9 Å². The molecule has 0 aromatic heterocycles. The van der Waals surface area contributed by atoms with Crippen LogP contribution in [0.1, 0.15) is 56.8 Å². The predicted molar refractivity (Wildman–Crippen MR) is 168 cm³/mol. The number of benzene rings is 4. The van der Waals surface area contributed by atoms with Gasteiger partial charge in [0.2, 0.25) is 5.91 Å². The van der Waals surface area contributed by atoms with E-state index in [4.69, 9.17) is 9.47 Å². The molecule has 7 rings (SSSR count). The Balaban J connectivity index is 1.48. The van der Waals surface area contributed by atoms with Crippen LogP contribution in [0.5, 0.6) is 11.5 Å². The van der Waals surface area contributed by atoms with Gasteiger partial charge < -0.3 is 19.7 Å². The Kier molecular flexibility index (Phi) is 6.81. The number of rotatable bonds is 8. The molecule has 4 aromatic rings. The molecule has 7 heteroatoms. The smallest absolute Gasteiger partial charge is 0.238 e. The summed E-state index contributed by atoms with van der Waals surface area (Å²) in [5, 5.41) is 3.09. The maximum atomic E-state index is 15.0. The number of nitrogens with zero attached hydrogens (tertiary/aromatic N) is 1. The van der Waals surface area contributed by atoms with E-state index in [1.165, 1.54) is 7.11 Å². The van der Waals surface area contributed by atoms with Crippen LogP contribution in [0.4, 0.5) is 5.69 Å². The molecule has 3 aliphatic rings. The molecule has 0 aliphatic carbocycles. The summed E-state index contributed by atoms with van der Waals surface area (Å²) in [5.41, 5.74) is 2.56. The molecule has 0 radical (unpaired) electrons. The summed E-state index contributed by atoms with van der Waals surface area (Å²) in [6.45, 7) is 2.59. The van der Waals surface area contributed by atoms with Crippen molar-refractivity contribution in [1.82, 2.24) is 4.90 Å². The first-order chi connectivity index (χ1) is 21.5. The molecule has 0 bridgehead atoms. The van der Waals surface area contributed by atoms with Crippen LogP contribution < -0.4 is 14.8 Å². The zero-order valence-electron chi connectivity index (χ0n) is 24.5. The first kappa shape index (κ1) is 27.7. The number of nitrogens with one attached hydrogen (secondary N) is 1. The number of ether oxygens (including phenoxy) is 2. The lowest BCUT2D eigenvalue weighted by molar-refractivity contribution is -0.122. The highest BCUT2D eigenvalue weighted by Gasteiger charge is 2.70. The van der Waals surface area contributed by atoms with Gasteiger partial charge in [-0.3, -0.25) is 14.4 Å². The molecule has 1 amide bonds. The zero-order chi connectivity index (χ0) is 30.4. The van der Waals surface area contributed by atoms with Crippen molar-refractivity contribution in [2.24, 2.45) is 5.92 Å². The lowest BCUT2D eigenvalue weighted by Crippen LogP contribution is -2.49. The number of hydrogen-bond donors (Lipinski definition) is 1. The Morgan fingerprint density at radius 2 is 1.61 bits per heavy atom. The third kappa shape index (κ3) is 3.99. The molecule has 220 valence electrons. The van der Waals surface area contributed by atoms with Crippen molar-refractivity contribution in [2.45, 2.75) is 30.8 Å². The summed E-state index contributed by atoms with van der Waals surface area (Å²) >= 11 is 0. The van der Waals surface area contributed by atoms with Gasteiger partial charge in [-0.25, -0.2) is 0 Å². The van der Waals surface area contributed by atoms with E-state index in [2.05, 4.69) is 5.32 Å². The fourth-order valence-electron chi connectivity index (χ4n) is 7.29. The molecule has 1 saturated heterocycles. The van der Waals surface area contributed by atoms with Gasteiger partial charge >= 0.3 is 0 Å². The molecule has 3 aliphatic heterocycles. The highest BCUT2D eigenvalue weighted by atomic mass is 16.5. The van der Waals surface area contributed by atoms with Crippen molar-refractivity contribution in [3.8, 4) is 11.5 Å². The van der Waals surface area contributed by atoms with Gasteiger partial charge in [0, 0.05) is 17.5 Å². The Morgan fingerprint density at radius 1 is 0.886 bits per heavy atom. The van der Waals surface area contributed by atoms with Crippen LogP contribution in [0, 0.1) is 5.92 Å². The second-order valence-corrected chi connectivity index (χ2v) is 11.4. The summed E-state index contributed by atoms with van der Waals surface area (Å²) < 4.78 is 11.4. The van der Waals surface area contributed by atoms with E-state index in [-0.39, 0.29) is 17.5 Å². The summed E-state index contributed by atoms with van der Waals surface area (Å²) in [6.07, 6.45) is 4.68. The Hall–Kier alpha value is -5.17. The van der Waals surface area contributed by atoms with Gasteiger partial charge in [0.05, 0.1) is 31.2 Å². The fraction of sp³-hybridized carbons (Fsp3) is 0.216. The largest absolute Gasteiger partial charge is 0.496 e. The minimum Gasteiger partial charge on any atom is -0.496 e. The Labute approximate surface area is 256 Å². The third-order valence-corrected chi connectivity index (χ3v) is 9.11. The van der Waals surface area contributed by atoms with Crippen LogP contribution in [0.2, 0.25) is 0 Å². The first-order valence-electron chi connectivity index (χ1n) is 14.9. The molecule has 1 N–H and O–H groups in total. The lowest BCUT2D eigenvalue weighted by Gasteiger charge is -2.38. The van der Waals surface area contributed by atoms with Gasteiger partial charge in [-0.1, -0.05) is 61.5 Å². The number of hydrogen-bond acceptors (Lipinski definition) is 6. The number of fused-ring (bicyclic) bond motifs is 6. The Bertz CT molecular complexity index is 1810. The maximum Gasteiger partial charge on any atom is 0.238 e. The Morgan fingerprint density at radius 3 is 2.41 bits per heavy atom. The van der Waals surface area contributed by atoms with Crippen molar-refractivity contribution in [3.05, 3.63) is 131 Å². The third-order valence-electron chi connectivity index (χ3n) is 9.11. The average Bonchev–Trinajstić information content (AvgIpc) is 3.55. The topological polar surface area (TPSA) is 84.9 Å². The van der Waals surface area contributed by atoms with E-state index >= 15 is 0 Å². The van der Waals surface area contributed by atoms with Gasteiger partial charge in [0.1, 0.15) is 23.0 Å². The van der Waals surface area contributed by atoms with Gasteiger partial charge in [-0.05, 0) is 71.7 Å². The molecule has 4 atom stereocenters. The molecular weight excluding hydrogens is 552 g/mol. The summed E-state index contributed by atoms with van der Waals surface area (Å²) in [6, 6.07) is 27.8. The first-order valence-corrected chi connectivity index (χ1v) is 14.9. The maximum absolute atomic E-state index is 15.0. The molecular formula is C37H32N2O5. The predicted octanol–water partition coefficient (Wildman–Crippen LogP) is 6.47. The van der Waals surface area contributed by atoms with E-state index < -0.39 is 23.4 Å². The van der Waals surface area contributed by atoms with E-state index in [0.29, 0.717) is 40.5 Å². The van der Waals surface area contributed by atoms with Gasteiger partial charge in [-0.2, -0.15) is 0 Å². The molecule has 4 aromatic carbocycles. The van der Waals surface area contributed by atoms with Crippen molar-refractivity contribution in [3.63, 3.8) is 0 Å². The average molecular weight is 585 g/mol. The highest BCUT2D eigenvalue weighted by molar-refractivity contribution is 6.17. The van der Waals surface area contributed by atoms with Crippen molar-refractivity contribution in [2.75, 3.05) is 19.0 Å². The fourth-order valence-corrected chi connectivity index (χ4v) is 7.29. The van der Waals surface area contributed by atoms with E-state index in [1.54, 1.807) is 48.5 Å². The molecule has 0 unspecified atom stereocenters. The lowest BCUT2D eigenvalue weighted by atomic mass is 9.62. The zero-order valence-corrected chi connectivity index (χ0v) is 24.5. The van der Waals surface area contributed by atoms with Gasteiger partial charge in [-0.15, -0.1) is 0 Å². The van der Waals surface area contributed by atoms with E-state index in [0.717, 1.165) is 17.5 Å². The van der Waals surface area contributed by atoms with Crippen LogP contribution in [0.15, 0.2) is 103 Å². The standard InChI is InChI=1S/C37H32N2O5/c1-3-22-44-25-18-16-24(17-19-25)33(40)31-32(34(41)27-12-6-9-15-30(27)43-2)39-21-20-23-10-4-5-11-26(23)35(39)37(31)28-13-7-8-14-29(28)38-36(37)42/h4-21,31-32,35H,3,22H2,1-2H3,(H,38,42)/t31-,32+,35-,37-/m1/s1. The van der Waals surface area contributed by atoms with Gasteiger partial charge in [0.15, 0.2) is 11.6 Å². The number of para-hydroxylation sites is 2. The van der Waals surface area contributed by atoms with Crippen LogP contribution >= 0.6 is 0 Å². The van der Waals surface area contributed by atoms with Crippen LogP contribution in [0.3, 0.4) is 0 Å². The van der Waals surface area contributed by atoms with Crippen LogP contribution in [-0.2, 0) is 10.2 Å². The monoisotopic (exact) mass is 584 g/mol. The number of carbonyl (C=O) groups excluding carboxylic acids is 3. The van der Waals surface area contributed by atoms with Crippen LogP contribution in [-0.4, -0.2) is 42.1 Å². The number of Topliss-reactive ketones (excluding diaryl/α,β-unsaturated/α-hetero) is 2. The quantitative estimate of drug-likeness (QED) is 0.239. The minimum atomic E-state index is -1.39. The SMILES string of the molecule is CCCOc1ccc(C(=O)[C@H]2[C@@H](C(=O)c3ccccc3OC)N3C=Cc4ccccc4[C@@H]3[C@]23C(=O)Nc2ccccc23)cc1. The number of anilines is 1. The number of methoxy groups -OCH3 is 1. The second-order valence-electron chi connectivity index (χ2n) is 11.4. The van der Waals surface area contributed by atoms with E-state index in [1.807, 2.05) is 72.6 Å². The summed E-state index contributed by atoms with van der Waals surface area (Å²) in [7, 11) is 1.52. The molecule has 1 spiro atoms. The van der Waals surface area contributed by atoms with Crippen molar-refractivity contribution >= 4 is 29.2 Å². The normalized spacial score (nSPS) is 22.6. The van der Waals surface area contributed by atoms with Crippen LogP contribution in [0.25, 0.3) is 6.08 Å². The molecule has 44 heavy (non-hydrogen) atoms.